The number of fused-ring (bicyclic) bond motifs is 1. The molecule has 0 aromatic rings. The summed E-state index contributed by atoms with van der Waals surface area (Å²) in [4.78, 5) is -0.322. The molecule has 0 radical (unpaired) electrons. The van der Waals surface area contributed by atoms with Gasteiger partial charge in [-0.1, -0.05) is 0 Å². The largest absolute Gasteiger partial charge is 0.391 e. The molecule has 58 valence electrons. The normalized spacial score (nSPS) is 59.7. The van der Waals surface area contributed by atoms with Crippen molar-refractivity contribution in [3.8, 4) is 0 Å². The molecular weight excluding hydrogens is 148 g/mol. The summed E-state index contributed by atoms with van der Waals surface area (Å²) < 4.78 is 0. The van der Waals surface area contributed by atoms with Gasteiger partial charge in [0.15, 0.2) is 0 Å². The summed E-state index contributed by atoms with van der Waals surface area (Å²) in [5.74, 6) is 1.65. The van der Waals surface area contributed by atoms with Crippen molar-refractivity contribution in [2.75, 3.05) is 0 Å². The van der Waals surface area contributed by atoms with E-state index in [4.69, 9.17) is 11.6 Å². The van der Waals surface area contributed by atoms with Crippen LogP contribution >= 0.6 is 11.6 Å². The fraction of sp³-hybridized carbons (Fsp3) is 1.00. The van der Waals surface area contributed by atoms with Crippen LogP contribution in [0, 0.1) is 11.8 Å². The summed E-state index contributed by atoms with van der Waals surface area (Å²) in [7, 11) is 0. The molecule has 0 saturated heterocycles. The number of hydrogen-bond acceptors (Lipinski definition) is 1. The molecule has 0 bridgehead atoms. The van der Waals surface area contributed by atoms with Crippen molar-refractivity contribution in [3.63, 3.8) is 0 Å². The predicted molar refractivity (Wildman–Crippen MR) is 41.1 cm³/mol. The maximum Gasteiger partial charge on any atom is 0.0732 e. The van der Waals surface area contributed by atoms with Crippen molar-refractivity contribution in [1.82, 2.24) is 0 Å². The molecule has 2 aliphatic rings. The van der Waals surface area contributed by atoms with Gasteiger partial charge in [-0.3, -0.25) is 0 Å². The standard InChI is InChI=1S/C8H13ClO/c1-8(9)4-6-2-5(6)3-7(8)10/h5-7,10H,2-4H2,1H3/t5-,6+,7+,8+/m1/s1. The number of hydrogen-bond donors (Lipinski definition) is 1. The minimum absolute atomic E-state index is 0.266. The highest BCUT2D eigenvalue weighted by atomic mass is 35.5. The number of aliphatic hydroxyl groups excluding tert-OH is 1. The van der Waals surface area contributed by atoms with E-state index in [1.54, 1.807) is 0 Å². The van der Waals surface area contributed by atoms with E-state index in [0.29, 0.717) is 0 Å². The van der Waals surface area contributed by atoms with E-state index < -0.39 is 0 Å². The molecule has 1 N–H and O–H groups in total. The third-order valence-electron chi connectivity index (χ3n) is 2.95. The first-order valence-electron chi connectivity index (χ1n) is 3.96. The SMILES string of the molecule is C[C@]1(Cl)C[C@@H]2C[C@@H]2C[C@@H]1O. The Morgan fingerprint density at radius 2 is 2.10 bits per heavy atom. The van der Waals surface area contributed by atoms with E-state index in [9.17, 15) is 5.11 Å². The molecule has 0 amide bonds. The van der Waals surface area contributed by atoms with Gasteiger partial charge < -0.3 is 5.11 Å². The van der Waals surface area contributed by atoms with Crippen molar-refractivity contribution in [2.24, 2.45) is 11.8 Å². The fourth-order valence-electron chi connectivity index (χ4n) is 2.03. The van der Waals surface area contributed by atoms with Crippen LogP contribution in [0.1, 0.15) is 26.2 Å². The van der Waals surface area contributed by atoms with Gasteiger partial charge in [-0.15, -0.1) is 11.6 Å². The second kappa shape index (κ2) is 1.89. The topological polar surface area (TPSA) is 20.2 Å². The molecule has 0 spiro atoms. The fourth-order valence-corrected chi connectivity index (χ4v) is 2.32. The highest BCUT2D eigenvalue weighted by Gasteiger charge is 2.50. The quantitative estimate of drug-likeness (QED) is 0.536. The van der Waals surface area contributed by atoms with Gasteiger partial charge in [0.25, 0.3) is 0 Å². The molecule has 2 heteroatoms. The smallest absolute Gasteiger partial charge is 0.0732 e. The zero-order valence-corrected chi connectivity index (χ0v) is 6.93. The van der Waals surface area contributed by atoms with Crippen LogP contribution in [0.3, 0.4) is 0 Å². The summed E-state index contributed by atoms with van der Waals surface area (Å²) in [5.41, 5.74) is 0. The highest BCUT2D eigenvalue weighted by molar-refractivity contribution is 6.24. The van der Waals surface area contributed by atoms with Crippen molar-refractivity contribution in [1.29, 1.82) is 0 Å². The Bertz CT molecular complexity index is 155. The first-order valence-corrected chi connectivity index (χ1v) is 4.34. The maximum absolute atomic E-state index is 9.50. The van der Waals surface area contributed by atoms with Crippen LogP contribution in [-0.4, -0.2) is 16.1 Å². The van der Waals surface area contributed by atoms with Crippen molar-refractivity contribution in [3.05, 3.63) is 0 Å². The number of rotatable bonds is 0. The van der Waals surface area contributed by atoms with Gasteiger partial charge in [-0.05, 0) is 38.0 Å². The Morgan fingerprint density at radius 1 is 1.40 bits per heavy atom. The van der Waals surface area contributed by atoms with Gasteiger partial charge in [0, 0.05) is 0 Å². The van der Waals surface area contributed by atoms with Gasteiger partial charge >= 0.3 is 0 Å². The lowest BCUT2D eigenvalue weighted by molar-refractivity contribution is 0.0899. The van der Waals surface area contributed by atoms with Crippen LogP contribution < -0.4 is 0 Å². The summed E-state index contributed by atoms with van der Waals surface area (Å²) in [6, 6.07) is 0. The lowest BCUT2D eigenvalue weighted by Gasteiger charge is -2.31. The maximum atomic E-state index is 9.50. The van der Waals surface area contributed by atoms with Crippen LogP contribution in [0.25, 0.3) is 0 Å². The van der Waals surface area contributed by atoms with Crippen molar-refractivity contribution >= 4 is 11.6 Å². The van der Waals surface area contributed by atoms with E-state index in [-0.39, 0.29) is 11.0 Å². The van der Waals surface area contributed by atoms with Crippen molar-refractivity contribution in [2.45, 2.75) is 37.2 Å². The Hall–Kier alpha value is 0.250. The van der Waals surface area contributed by atoms with Crippen LogP contribution in [0.5, 0.6) is 0 Å². The van der Waals surface area contributed by atoms with Crippen LogP contribution in [0.4, 0.5) is 0 Å². The molecule has 2 rings (SSSR count). The first kappa shape index (κ1) is 6.93. The van der Waals surface area contributed by atoms with E-state index in [0.717, 1.165) is 24.7 Å². The van der Waals surface area contributed by atoms with Crippen LogP contribution in [0.15, 0.2) is 0 Å². The average molecular weight is 161 g/mol. The van der Waals surface area contributed by atoms with Crippen LogP contribution in [0.2, 0.25) is 0 Å². The summed E-state index contributed by atoms with van der Waals surface area (Å²) >= 11 is 6.09. The number of aliphatic hydroxyl groups is 1. The monoisotopic (exact) mass is 160 g/mol. The van der Waals surface area contributed by atoms with E-state index in [2.05, 4.69) is 0 Å². The Kier molecular flexibility index (Phi) is 1.31. The third kappa shape index (κ3) is 0.960. The number of alkyl halides is 1. The van der Waals surface area contributed by atoms with Gasteiger partial charge in [-0.25, -0.2) is 0 Å². The molecule has 1 nitrogen and oxygen atoms in total. The summed E-state index contributed by atoms with van der Waals surface area (Å²) in [6.45, 7) is 1.95. The van der Waals surface area contributed by atoms with Gasteiger partial charge in [0.2, 0.25) is 0 Å². The minimum atomic E-state index is -0.322. The highest BCUT2D eigenvalue weighted by Crippen LogP contribution is 2.54. The summed E-state index contributed by atoms with van der Waals surface area (Å²) in [6.07, 6.45) is 2.99. The third-order valence-corrected chi connectivity index (χ3v) is 3.36. The second-order valence-electron chi connectivity index (χ2n) is 3.99. The van der Waals surface area contributed by atoms with Crippen molar-refractivity contribution < 1.29 is 5.11 Å². The zero-order valence-electron chi connectivity index (χ0n) is 6.18. The molecule has 2 saturated carbocycles. The minimum Gasteiger partial charge on any atom is -0.391 e. The molecule has 0 heterocycles. The van der Waals surface area contributed by atoms with E-state index in [1.165, 1.54) is 6.42 Å². The predicted octanol–water partition coefficient (Wildman–Crippen LogP) is 1.77. The molecule has 0 aliphatic heterocycles. The van der Waals surface area contributed by atoms with Gasteiger partial charge in [0.1, 0.15) is 0 Å². The van der Waals surface area contributed by atoms with Gasteiger partial charge in [0.05, 0.1) is 11.0 Å². The lowest BCUT2D eigenvalue weighted by atomic mass is 9.87. The molecule has 10 heavy (non-hydrogen) atoms. The average Bonchev–Trinajstić information content (AvgIpc) is 2.44. The molecule has 2 fully saturated rings. The molecule has 0 unspecified atom stereocenters. The molecule has 2 aliphatic carbocycles. The Labute approximate surface area is 66.4 Å². The summed E-state index contributed by atoms with van der Waals surface area (Å²) in [5, 5.41) is 9.50. The molecule has 0 aromatic carbocycles. The molecular formula is C8H13ClO. The zero-order chi connectivity index (χ0) is 7.35. The van der Waals surface area contributed by atoms with Crippen LogP contribution in [-0.2, 0) is 0 Å². The van der Waals surface area contributed by atoms with E-state index >= 15 is 0 Å². The van der Waals surface area contributed by atoms with E-state index in [1.807, 2.05) is 6.92 Å². The Morgan fingerprint density at radius 3 is 2.70 bits per heavy atom. The van der Waals surface area contributed by atoms with Gasteiger partial charge in [-0.2, -0.15) is 0 Å². The number of halogens is 1. The first-order chi connectivity index (χ1) is 4.59. The Balaban J connectivity index is 2.08. The molecule has 4 atom stereocenters. The second-order valence-corrected chi connectivity index (χ2v) is 4.85. The lowest BCUT2D eigenvalue weighted by Crippen LogP contribution is -2.37. The molecule has 0 aromatic heterocycles.